The van der Waals surface area contributed by atoms with Gasteiger partial charge in [-0.3, -0.25) is 20.0 Å². The second kappa shape index (κ2) is 23.4. The predicted molar refractivity (Wildman–Crippen MR) is 189 cm³/mol. The zero-order valence-electron chi connectivity index (χ0n) is 28.0. The van der Waals surface area contributed by atoms with Crippen LogP contribution >= 0.6 is 0 Å². The largest absolute Gasteiger partial charge is 0.573 e. The average Bonchev–Trinajstić information content (AvgIpc) is 3.09. The van der Waals surface area contributed by atoms with E-state index in [9.17, 15) is 45.5 Å². The number of aldehydes is 4. The Morgan fingerprint density at radius 3 is 1.08 bits per heavy atom. The lowest BCUT2D eigenvalue weighted by Crippen LogP contribution is -2.16. The van der Waals surface area contributed by atoms with Crippen molar-refractivity contribution in [2.45, 2.75) is 44.8 Å². The van der Waals surface area contributed by atoms with Crippen molar-refractivity contribution >= 4 is 61.4 Å². The number of alkyl halides is 6. The summed E-state index contributed by atoms with van der Waals surface area (Å²) in [4.78, 5) is 61.9. The molecule has 0 N–H and O–H groups in total. The monoisotopic (exact) mass is 744 g/mol. The van der Waals surface area contributed by atoms with Crippen LogP contribution in [0.3, 0.4) is 0 Å². The number of carbonyl (C=O) groups is 4. The molecule has 0 bridgehead atoms. The second-order valence-corrected chi connectivity index (χ2v) is 10.4. The highest BCUT2D eigenvalue weighted by atomic mass is 19.4. The fraction of sp³-hybridized carbons (Fsp3) is 0.243. The Morgan fingerprint density at radius 2 is 0.792 bits per heavy atom. The van der Waals surface area contributed by atoms with Crippen LogP contribution in [-0.4, -0.2) is 75.8 Å². The Balaban J connectivity index is 2.00. The van der Waals surface area contributed by atoms with Gasteiger partial charge in [-0.1, -0.05) is 0 Å². The topological polar surface area (TPSA) is 136 Å². The van der Waals surface area contributed by atoms with Gasteiger partial charge in [0.05, 0.1) is 11.4 Å². The van der Waals surface area contributed by atoms with Crippen molar-refractivity contribution in [2.24, 2.45) is 20.0 Å². The normalized spacial score (nSPS) is 13.7. The molecule has 0 fully saturated rings. The Morgan fingerprint density at radius 1 is 0.491 bits per heavy atom. The first-order valence-corrected chi connectivity index (χ1v) is 15.7. The van der Waals surface area contributed by atoms with Gasteiger partial charge in [0.15, 0.2) is 0 Å². The van der Waals surface area contributed by atoms with Crippen LogP contribution in [0.15, 0.2) is 115 Å². The summed E-state index contributed by atoms with van der Waals surface area (Å²) >= 11 is 0. The molecule has 0 aliphatic rings. The van der Waals surface area contributed by atoms with Crippen molar-refractivity contribution in [3.8, 4) is 11.5 Å². The Hall–Kier alpha value is -6.06. The molecule has 0 saturated carbocycles. The molecule has 53 heavy (non-hydrogen) atoms. The van der Waals surface area contributed by atoms with E-state index in [1.807, 2.05) is 0 Å². The quantitative estimate of drug-likeness (QED) is 0.0392. The molecule has 0 unspecified atom stereocenters. The molecule has 10 nitrogen and oxygen atoms in total. The van der Waals surface area contributed by atoms with Gasteiger partial charge in [-0.25, -0.2) is 0 Å². The van der Waals surface area contributed by atoms with E-state index in [-0.39, 0.29) is 25.7 Å². The van der Waals surface area contributed by atoms with Crippen molar-refractivity contribution in [2.75, 3.05) is 13.1 Å². The number of halogens is 6. The summed E-state index contributed by atoms with van der Waals surface area (Å²) in [6.45, 7) is 0.733. The molecule has 2 aromatic rings. The highest BCUT2D eigenvalue weighted by Crippen LogP contribution is 2.26. The molecule has 0 amide bonds. The first-order valence-electron chi connectivity index (χ1n) is 15.7. The van der Waals surface area contributed by atoms with E-state index < -0.39 is 24.2 Å². The Labute approximate surface area is 300 Å². The number of nitrogens with zero attached hydrogens (tertiary/aromatic N) is 4. The first-order chi connectivity index (χ1) is 25.4. The summed E-state index contributed by atoms with van der Waals surface area (Å²) in [5, 5.41) is 0. The zero-order valence-corrected chi connectivity index (χ0v) is 28.0. The van der Waals surface area contributed by atoms with Crippen LogP contribution in [0.5, 0.6) is 11.5 Å². The highest BCUT2D eigenvalue weighted by molar-refractivity contribution is 5.83. The fourth-order valence-electron chi connectivity index (χ4n) is 4.17. The van der Waals surface area contributed by atoms with Gasteiger partial charge in [0, 0.05) is 63.6 Å². The summed E-state index contributed by atoms with van der Waals surface area (Å²) in [5.74, 6) is -0.795. The minimum absolute atomic E-state index is 0.0109. The number of allylic oxidation sites excluding steroid dienone is 8. The highest BCUT2D eigenvalue weighted by Gasteiger charge is 2.31. The molecule has 0 aliphatic heterocycles. The molecular formula is C37H34F6N4O6. The number of rotatable bonds is 22. The molecule has 16 heteroatoms. The summed E-state index contributed by atoms with van der Waals surface area (Å²) in [5.41, 5.74) is 2.67. The fourth-order valence-corrected chi connectivity index (χ4v) is 4.17. The van der Waals surface area contributed by atoms with Gasteiger partial charge < -0.3 is 28.7 Å². The van der Waals surface area contributed by atoms with Crippen LogP contribution in [0.25, 0.3) is 0 Å². The SMILES string of the molecule is O=CCC(=C\C=NCCCN=C/C=C(CC=O)/C(=C/C=Nc1ccc(OC(F)(F)F)cc1)CC=O)/C(=C/C=Nc1ccc(OC(F)(F)F)cc1)CC=O. The van der Waals surface area contributed by atoms with Crippen LogP contribution in [-0.2, 0) is 19.2 Å². The van der Waals surface area contributed by atoms with Gasteiger partial charge in [-0.15, -0.1) is 26.3 Å². The van der Waals surface area contributed by atoms with E-state index in [4.69, 9.17) is 0 Å². The molecule has 0 radical (unpaired) electrons. The maximum atomic E-state index is 12.3. The Kier molecular flexibility index (Phi) is 19.0. The Bertz CT molecular complexity index is 1610. The molecule has 2 aromatic carbocycles. The molecular weight excluding hydrogens is 710 g/mol. The van der Waals surface area contributed by atoms with E-state index in [2.05, 4.69) is 29.4 Å². The van der Waals surface area contributed by atoms with Crippen LogP contribution in [0, 0.1) is 0 Å². The summed E-state index contributed by atoms with van der Waals surface area (Å²) in [6, 6.07) is 9.71. The van der Waals surface area contributed by atoms with E-state index in [0.29, 0.717) is 78.3 Å². The number of benzene rings is 2. The van der Waals surface area contributed by atoms with E-state index in [1.54, 1.807) is 12.2 Å². The third-order valence-corrected chi connectivity index (χ3v) is 6.51. The molecule has 0 aliphatic carbocycles. The summed E-state index contributed by atoms with van der Waals surface area (Å²) in [7, 11) is 0. The number of aliphatic imine (C=N–C) groups is 4. The van der Waals surface area contributed by atoms with Crippen molar-refractivity contribution in [3.63, 3.8) is 0 Å². The smallest absolute Gasteiger partial charge is 0.406 e. The van der Waals surface area contributed by atoms with E-state index in [0.717, 1.165) is 24.3 Å². The average molecular weight is 745 g/mol. The van der Waals surface area contributed by atoms with Gasteiger partial charge in [0.2, 0.25) is 0 Å². The van der Waals surface area contributed by atoms with Gasteiger partial charge in [-0.2, -0.15) is 0 Å². The van der Waals surface area contributed by atoms with Crippen molar-refractivity contribution in [3.05, 3.63) is 95.1 Å². The third-order valence-electron chi connectivity index (χ3n) is 6.51. The van der Waals surface area contributed by atoms with Crippen molar-refractivity contribution in [1.29, 1.82) is 0 Å². The molecule has 0 atom stereocenters. The molecule has 0 saturated heterocycles. The van der Waals surface area contributed by atoms with Gasteiger partial charge >= 0.3 is 12.7 Å². The second-order valence-electron chi connectivity index (χ2n) is 10.4. The maximum absolute atomic E-state index is 12.3. The van der Waals surface area contributed by atoms with E-state index >= 15 is 0 Å². The minimum atomic E-state index is -4.82. The molecule has 280 valence electrons. The minimum Gasteiger partial charge on any atom is -0.406 e. The zero-order chi connectivity index (χ0) is 39.0. The lowest BCUT2D eigenvalue weighted by molar-refractivity contribution is -0.275. The van der Waals surface area contributed by atoms with Crippen molar-refractivity contribution < 1.29 is 55.0 Å². The first kappa shape index (κ1) is 43.1. The van der Waals surface area contributed by atoms with Crippen LogP contribution < -0.4 is 9.47 Å². The lowest BCUT2D eigenvalue weighted by atomic mass is 10.0. The van der Waals surface area contributed by atoms with Crippen LogP contribution in [0.2, 0.25) is 0 Å². The summed E-state index contributed by atoms with van der Waals surface area (Å²) < 4.78 is 81.7. The van der Waals surface area contributed by atoms with Gasteiger partial charge in [0.25, 0.3) is 0 Å². The lowest BCUT2D eigenvalue weighted by Gasteiger charge is -2.08. The molecule has 0 spiro atoms. The number of carbonyl (C=O) groups excluding carboxylic acids is 4. The van der Waals surface area contributed by atoms with Crippen molar-refractivity contribution in [1.82, 2.24) is 0 Å². The van der Waals surface area contributed by atoms with E-state index in [1.165, 1.54) is 61.3 Å². The molecule has 2 rings (SSSR count). The third kappa shape index (κ3) is 19.2. The molecule has 0 aromatic heterocycles. The maximum Gasteiger partial charge on any atom is 0.573 e. The predicted octanol–water partition coefficient (Wildman–Crippen LogP) is 8.18. The van der Waals surface area contributed by atoms with Crippen LogP contribution in [0.1, 0.15) is 32.1 Å². The van der Waals surface area contributed by atoms with Gasteiger partial charge in [-0.05, 0) is 102 Å². The number of hydrogen-bond donors (Lipinski definition) is 0. The number of hydrogen-bond acceptors (Lipinski definition) is 10. The van der Waals surface area contributed by atoms with Gasteiger partial charge in [0.1, 0.15) is 36.6 Å². The standard InChI is InChI=1S/C37H34F6N4O6/c38-36(39,40)52-34-6-2-32(3-7-34)46-22-12-30(16-26-50)28(14-24-48)10-20-44-18-1-19-45-21-11-29(15-25-49)31(17-27-51)13-23-47-33-4-8-35(9-5-33)53-37(41,42)43/h2-13,20-27H,1,14-19H2/b28-10+,29-11+,30-12+,31-13+,44-20?,45-21?,46-22?,47-23?. The summed E-state index contributed by atoms with van der Waals surface area (Å²) in [6.07, 6.45) is 5.35. The van der Waals surface area contributed by atoms with Crippen LogP contribution in [0.4, 0.5) is 37.7 Å². The molecule has 0 heterocycles. The number of ether oxygens (including phenoxy) is 2.